The molecule has 2 nitrogen and oxygen atoms in total. The SMILES string of the molecule is CN[C@H]1CC[C@H](OCc2cc(C(F)(F)F)cc(C(F)(F)F)c2)[C@@H]1c1ccccc1. The van der Waals surface area contributed by atoms with Crippen LogP contribution in [0.25, 0.3) is 0 Å². The predicted molar refractivity (Wildman–Crippen MR) is 96.3 cm³/mol. The van der Waals surface area contributed by atoms with Gasteiger partial charge in [0.25, 0.3) is 0 Å². The Kier molecular flexibility index (Phi) is 6.24. The van der Waals surface area contributed by atoms with Gasteiger partial charge < -0.3 is 10.1 Å². The molecule has 3 atom stereocenters. The van der Waals surface area contributed by atoms with Crippen LogP contribution >= 0.6 is 0 Å². The quantitative estimate of drug-likeness (QED) is 0.623. The molecule has 3 rings (SSSR count). The Hall–Kier alpha value is -2.06. The summed E-state index contributed by atoms with van der Waals surface area (Å²) in [4.78, 5) is 0. The lowest BCUT2D eigenvalue weighted by Crippen LogP contribution is -2.32. The highest BCUT2D eigenvalue weighted by Gasteiger charge is 2.39. The van der Waals surface area contributed by atoms with Crippen molar-refractivity contribution in [2.24, 2.45) is 0 Å². The Bertz CT molecular complexity index is 786. The van der Waals surface area contributed by atoms with E-state index in [9.17, 15) is 26.3 Å². The molecule has 1 aliphatic rings. The molecule has 2 aromatic carbocycles. The standard InChI is InChI=1S/C21H21F6NO/c1-28-17-7-8-18(19(17)14-5-3-2-4-6-14)29-12-13-9-15(20(22,23)24)11-16(10-13)21(25,26)27/h2-6,9-11,17-19,28H,7-8,12H2,1H3/t17-,18-,19+/m0/s1. The molecular weight excluding hydrogens is 396 g/mol. The largest absolute Gasteiger partial charge is 0.416 e. The average molecular weight is 417 g/mol. The zero-order valence-corrected chi connectivity index (χ0v) is 15.6. The highest BCUT2D eigenvalue weighted by molar-refractivity contribution is 5.33. The van der Waals surface area contributed by atoms with Gasteiger partial charge in [-0.3, -0.25) is 0 Å². The maximum Gasteiger partial charge on any atom is 0.416 e. The highest BCUT2D eigenvalue weighted by atomic mass is 19.4. The van der Waals surface area contributed by atoms with Crippen LogP contribution in [0.15, 0.2) is 48.5 Å². The Morgan fingerprint density at radius 1 is 0.897 bits per heavy atom. The Labute approximate surface area is 164 Å². The van der Waals surface area contributed by atoms with Crippen LogP contribution in [0, 0.1) is 0 Å². The van der Waals surface area contributed by atoms with Gasteiger partial charge in [0.15, 0.2) is 0 Å². The van der Waals surface area contributed by atoms with E-state index in [1.807, 2.05) is 37.4 Å². The van der Waals surface area contributed by atoms with E-state index < -0.39 is 23.5 Å². The van der Waals surface area contributed by atoms with Gasteiger partial charge >= 0.3 is 12.4 Å². The average Bonchev–Trinajstić information content (AvgIpc) is 3.08. The van der Waals surface area contributed by atoms with Crippen molar-refractivity contribution in [2.45, 2.75) is 49.9 Å². The van der Waals surface area contributed by atoms with Crippen molar-refractivity contribution in [3.05, 3.63) is 70.8 Å². The number of ether oxygens (including phenoxy) is 1. The smallest absolute Gasteiger partial charge is 0.373 e. The van der Waals surface area contributed by atoms with Crippen LogP contribution in [-0.4, -0.2) is 19.2 Å². The van der Waals surface area contributed by atoms with Gasteiger partial charge in [0.05, 0.1) is 23.8 Å². The third-order valence-electron chi connectivity index (χ3n) is 5.26. The van der Waals surface area contributed by atoms with Crippen molar-refractivity contribution in [1.82, 2.24) is 5.32 Å². The Morgan fingerprint density at radius 3 is 2.00 bits per heavy atom. The molecule has 0 radical (unpaired) electrons. The zero-order chi connectivity index (χ0) is 21.2. The summed E-state index contributed by atoms with van der Waals surface area (Å²) in [5, 5.41) is 3.22. The fourth-order valence-corrected chi connectivity index (χ4v) is 3.90. The molecule has 2 aromatic rings. The van der Waals surface area contributed by atoms with Crippen LogP contribution in [0.1, 0.15) is 41.0 Å². The first-order chi connectivity index (χ1) is 13.6. The van der Waals surface area contributed by atoms with Crippen LogP contribution in [0.5, 0.6) is 0 Å². The number of halogens is 6. The number of alkyl halides is 6. The molecule has 0 heterocycles. The van der Waals surface area contributed by atoms with Gasteiger partial charge in [0.1, 0.15) is 0 Å². The van der Waals surface area contributed by atoms with E-state index in [-0.39, 0.29) is 36.3 Å². The summed E-state index contributed by atoms with van der Waals surface area (Å²) < 4.78 is 84.1. The molecule has 158 valence electrons. The Balaban J connectivity index is 1.83. The summed E-state index contributed by atoms with van der Waals surface area (Å²) >= 11 is 0. The molecule has 0 aromatic heterocycles. The molecule has 0 saturated heterocycles. The van der Waals surface area contributed by atoms with Gasteiger partial charge in [0, 0.05) is 12.0 Å². The molecule has 0 bridgehead atoms. The van der Waals surface area contributed by atoms with Gasteiger partial charge in [-0.05, 0) is 49.2 Å². The zero-order valence-electron chi connectivity index (χ0n) is 15.6. The molecule has 1 N–H and O–H groups in total. The first-order valence-corrected chi connectivity index (χ1v) is 9.22. The van der Waals surface area contributed by atoms with E-state index in [0.717, 1.165) is 24.1 Å². The molecule has 1 aliphatic carbocycles. The highest BCUT2D eigenvalue weighted by Crippen LogP contribution is 2.39. The first kappa shape index (κ1) is 21.6. The van der Waals surface area contributed by atoms with Crippen molar-refractivity contribution in [3.63, 3.8) is 0 Å². The monoisotopic (exact) mass is 417 g/mol. The van der Waals surface area contributed by atoms with E-state index >= 15 is 0 Å². The lowest BCUT2D eigenvalue weighted by molar-refractivity contribution is -0.143. The molecule has 8 heteroatoms. The normalized spacial score (nSPS) is 22.8. The van der Waals surface area contributed by atoms with E-state index in [4.69, 9.17) is 4.74 Å². The summed E-state index contributed by atoms with van der Waals surface area (Å²) in [6.45, 7) is -0.322. The minimum atomic E-state index is -4.87. The second-order valence-electron chi connectivity index (χ2n) is 7.17. The van der Waals surface area contributed by atoms with Crippen molar-refractivity contribution < 1.29 is 31.1 Å². The van der Waals surface area contributed by atoms with Crippen LogP contribution in [0.4, 0.5) is 26.3 Å². The molecule has 1 fully saturated rings. The minimum Gasteiger partial charge on any atom is -0.373 e. The van der Waals surface area contributed by atoms with E-state index in [1.165, 1.54) is 0 Å². The summed E-state index contributed by atoms with van der Waals surface area (Å²) in [6, 6.07) is 11.2. The van der Waals surface area contributed by atoms with Crippen LogP contribution in [0.3, 0.4) is 0 Å². The van der Waals surface area contributed by atoms with Crippen molar-refractivity contribution in [3.8, 4) is 0 Å². The van der Waals surface area contributed by atoms with Crippen LogP contribution < -0.4 is 5.32 Å². The predicted octanol–water partition coefficient (Wildman–Crippen LogP) is 5.78. The number of nitrogens with one attached hydrogen (secondary N) is 1. The van der Waals surface area contributed by atoms with E-state index in [2.05, 4.69) is 5.32 Å². The number of hydrogen-bond donors (Lipinski definition) is 1. The summed E-state index contributed by atoms with van der Waals surface area (Å²) in [5.41, 5.74) is -1.78. The van der Waals surface area contributed by atoms with Crippen LogP contribution in [0.2, 0.25) is 0 Å². The lowest BCUT2D eigenvalue weighted by atomic mass is 9.92. The number of rotatable bonds is 5. The number of benzene rings is 2. The second-order valence-corrected chi connectivity index (χ2v) is 7.17. The molecule has 0 aliphatic heterocycles. The van der Waals surface area contributed by atoms with E-state index in [1.54, 1.807) is 0 Å². The summed E-state index contributed by atoms with van der Waals surface area (Å²) in [6.07, 6.45) is -8.58. The number of hydrogen-bond acceptors (Lipinski definition) is 2. The maximum absolute atomic E-state index is 13.0. The lowest BCUT2D eigenvalue weighted by Gasteiger charge is -2.25. The molecule has 0 amide bonds. The summed E-state index contributed by atoms with van der Waals surface area (Å²) in [5.74, 6) is -0.0333. The van der Waals surface area contributed by atoms with E-state index in [0.29, 0.717) is 6.42 Å². The third kappa shape index (κ3) is 5.11. The molecule has 0 unspecified atom stereocenters. The summed E-state index contributed by atoms with van der Waals surface area (Å²) in [7, 11) is 1.82. The molecule has 29 heavy (non-hydrogen) atoms. The van der Waals surface area contributed by atoms with Gasteiger partial charge in [-0.25, -0.2) is 0 Å². The Morgan fingerprint density at radius 2 is 1.48 bits per heavy atom. The van der Waals surface area contributed by atoms with Gasteiger partial charge in [-0.1, -0.05) is 30.3 Å². The molecule has 1 saturated carbocycles. The molecule has 0 spiro atoms. The fourth-order valence-electron chi connectivity index (χ4n) is 3.90. The fraction of sp³-hybridized carbons (Fsp3) is 0.429. The van der Waals surface area contributed by atoms with Gasteiger partial charge in [-0.2, -0.15) is 26.3 Å². The van der Waals surface area contributed by atoms with Crippen molar-refractivity contribution in [1.29, 1.82) is 0 Å². The van der Waals surface area contributed by atoms with Crippen molar-refractivity contribution >= 4 is 0 Å². The third-order valence-corrected chi connectivity index (χ3v) is 5.26. The minimum absolute atomic E-state index is 0.0333. The van der Waals surface area contributed by atoms with Gasteiger partial charge in [0.2, 0.25) is 0 Å². The second kappa shape index (κ2) is 8.36. The molecular formula is C21H21F6NO. The first-order valence-electron chi connectivity index (χ1n) is 9.22. The topological polar surface area (TPSA) is 21.3 Å². The van der Waals surface area contributed by atoms with Crippen molar-refractivity contribution in [2.75, 3.05) is 7.05 Å². The maximum atomic E-state index is 13.0. The number of likely N-dealkylation sites (N-methyl/N-ethyl adjacent to an activating group) is 1. The van der Waals surface area contributed by atoms with Crippen LogP contribution in [-0.2, 0) is 23.7 Å². The van der Waals surface area contributed by atoms with Gasteiger partial charge in [-0.15, -0.1) is 0 Å².